The van der Waals surface area contributed by atoms with Gasteiger partial charge in [-0.15, -0.1) is 11.8 Å². The molecule has 0 spiro atoms. The number of amides is 2. The van der Waals surface area contributed by atoms with Crippen LogP contribution in [0, 0.1) is 5.92 Å². The fourth-order valence-electron chi connectivity index (χ4n) is 4.23. The molecule has 10 heteroatoms. The van der Waals surface area contributed by atoms with Gasteiger partial charge in [-0.05, 0) is 63.5 Å². The van der Waals surface area contributed by atoms with Crippen molar-refractivity contribution in [2.45, 2.75) is 84.4 Å². The lowest BCUT2D eigenvalue weighted by molar-refractivity contribution is -0.159. The van der Waals surface area contributed by atoms with E-state index in [1.165, 1.54) is 30.8 Å². The van der Waals surface area contributed by atoms with Gasteiger partial charge < -0.3 is 25.2 Å². The SMILES string of the molecule is CCC=CCC=CCC=CCC=CCC=CCC=CCSCC(=O)NC(C(=O)OC(C)C(NC(=O)c1ccccc1O)C(=O)OC)C(C)C. The molecule has 49 heavy (non-hydrogen) atoms. The fraction of sp³-hybridized carbons (Fsp3) is 0.436. The minimum absolute atomic E-state index is 0.0521. The fourth-order valence-corrected chi connectivity index (χ4v) is 4.89. The molecule has 0 fully saturated rings. The number of benzene rings is 1. The van der Waals surface area contributed by atoms with Gasteiger partial charge >= 0.3 is 11.9 Å². The molecule has 268 valence electrons. The second kappa shape index (κ2) is 26.6. The van der Waals surface area contributed by atoms with E-state index in [4.69, 9.17) is 9.47 Å². The highest BCUT2D eigenvalue weighted by Gasteiger charge is 2.34. The highest BCUT2D eigenvalue weighted by molar-refractivity contribution is 8.00. The average molecular weight is 695 g/mol. The van der Waals surface area contributed by atoms with E-state index in [0.717, 1.165) is 45.6 Å². The van der Waals surface area contributed by atoms with Crippen molar-refractivity contribution in [2.24, 2.45) is 5.92 Å². The first-order chi connectivity index (χ1) is 23.6. The summed E-state index contributed by atoms with van der Waals surface area (Å²) in [7, 11) is 1.14. The minimum Gasteiger partial charge on any atom is -0.507 e. The number of ether oxygens (including phenoxy) is 2. The first-order valence-electron chi connectivity index (χ1n) is 16.8. The van der Waals surface area contributed by atoms with Gasteiger partial charge in [0.2, 0.25) is 5.91 Å². The van der Waals surface area contributed by atoms with E-state index in [1.807, 2.05) is 12.2 Å². The maximum absolute atomic E-state index is 13.0. The monoisotopic (exact) mass is 694 g/mol. The van der Waals surface area contributed by atoms with Crippen LogP contribution in [-0.4, -0.2) is 65.7 Å². The molecule has 2 amide bonds. The summed E-state index contributed by atoms with van der Waals surface area (Å²) >= 11 is 1.42. The van der Waals surface area contributed by atoms with Crippen LogP contribution in [0.1, 0.15) is 76.6 Å². The number of methoxy groups -OCH3 is 1. The third kappa shape index (κ3) is 19.3. The Kier molecular flexibility index (Phi) is 23.2. The van der Waals surface area contributed by atoms with Crippen molar-refractivity contribution < 1.29 is 33.8 Å². The molecule has 3 unspecified atom stereocenters. The van der Waals surface area contributed by atoms with E-state index < -0.39 is 36.0 Å². The molecule has 0 aliphatic heterocycles. The number of nitrogens with one attached hydrogen (secondary N) is 2. The normalized spacial score (nSPS) is 14.0. The van der Waals surface area contributed by atoms with Crippen LogP contribution < -0.4 is 10.6 Å². The zero-order valence-corrected chi connectivity index (χ0v) is 30.3. The Morgan fingerprint density at radius 2 is 1.24 bits per heavy atom. The smallest absolute Gasteiger partial charge is 0.332 e. The molecule has 1 aromatic rings. The van der Waals surface area contributed by atoms with E-state index in [-0.39, 0.29) is 28.9 Å². The summed E-state index contributed by atoms with van der Waals surface area (Å²) in [6, 6.07) is 3.53. The van der Waals surface area contributed by atoms with Gasteiger partial charge in [-0.25, -0.2) is 9.59 Å². The largest absolute Gasteiger partial charge is 0.507 e. The summed E-state index contributed by atoms with van der Waals surface area (Å²) in [5, 5.41) is 15.2. The lowest BCUT2D eigenvalue weighted by Crippen LogP contribution is -2.52. The minimum atomic E-state index is -1.35. The number of aromatic hydroxyl groups is 1. The zero-order chi connectivity index (χ0) is 36.3. The van der Waals surface area contributed by atoms with Crippen LogP contribution in [-0.2, 0) is 23.9 Å². The van der Waals surface area contributed by atoms with E-state index in [2.05, 4.69) is 78.3 Å². The van der Waals surface area contributed by atoms with Gasteiger partial charge in [0, 0.05) is 5.75 Å². The Balaban J connectivity index is 2.41. The standard InChI is InChI=1S/C39H54N2O7S/c1-6-7-8-9-10-11-12-13-14-15-16-17-18-19-20-21-22-25-28-49-29-34(43)40-35(30(2)3)39(46)48-31(4)36(38(45)47-5)41-37(44)32-26-23-24-27-33(32)42/h7-8,10-11,13-14,16-17,19-20,22-27,30-31,35-36,42H,6,9,12,15,18,21,28-29H2,1-5H3,(H,40,43)(H,41,44). The molecule has 1 rings (SSSR count). The lowest BCUT2D eigenvalue weighted by atomic mass is 10.0. The summed E-state index contributed by atoms with van der Waals surface area (Å²) < 4.78 is 10.3. The van der Waals surface area contributed by atoms with E-state index in [1.54, 1.807) is 26.0 Å². The number of phenols is 1. The van der Waals surface area contributed by atoms with E-state index in [9.17, 15) is 24.3 Å². The van der Waals surface area contributed by atoms with E-state index >= 15 is 0 Å². The molecule has 3 N–H and O–H groups in total. The van der Waals surface area contributed by atoms with Crippen LogP contribution >= 0.6 is 11.8 Å². The van der Waals surface area contributed by atoms with Crippen LogP contribution in [0.15, 0.2) is 97.2 Å². The molecule has 9 nitrogen and oxygen atoms in total. The van der Waals surface area contributed by atoms with Crippen LogP contribution in [0.25, 0.3) is 0 Å². The first kappa shape index (κ1) is 42.7. The first-order valence-corrected chi connectivity index (χ1v) is 17.9. The number of para-hydroxylation sites is 1. The Morgan fingerprint density at radius 3 is 1.73 bits per heavy atom. The lowest BCUT2D eigenvalue weighted by Gasteiger charge is -2.27. The summed E-state index contributed by atoms with van der Waals surface area (Å²) in [5.41, 5.74) is -0.0521. The van der Waals surface area contributed by atoms with Gasteiger partial charge in [-0.2, -0.15) is 0 Å². The number of allylic oxidation sites excluding steroid dienone is 11. The van der Waals surface area contributed by atoms with Crippen molar-refractivity contribution in [1.29, 1.82) is 0 Å². The van der Waals surface area contributed by atoms with Crippen LogP contribution in [0.3, 0.4) is 0 Å². The quantitative estimate of drug-likeness (QED) is 0.0625. The summed E-state index contributed by atoms with van der Waals surface area (Å²) in [4.78, 5) is 50.8. The van der Waals surface area contributed by atoms with Gasteiger partial charge in [0.05, 0.1) is 18.4 Å². The maximum atomic E-state index is 13.0. The highest BCUT2D eigenvalue weighted by atomic mass is 32.2. The van der Waals surface area contributed by atoms with E-state index in [0.29, 0.717) is 5.75 Å². The van der Waals surface area contributed by atoms with Crippen molar-refractivity contribution in [3.63, 3.8) is 0 Å². The molecule has 0 aliphatic rings. The molecule has 0 saturated carbocycles. The molecule has 0 aromatic heterocycles. The van der Waals surface area contributed by atoms with Crippen molar-refractivity contribution in [3.05, 3.63) is 103 Å². The Morgan fingerprint density at radius 1 is 0.735 bits per heavy atom. The van der Waals surface area contributed by atoms with Gasteiger partial charge in [0.15, 0.2) is 6.04 Å². The summed E-state index contributed by atoms with van der Waals surface area (Å²) in [5.74, 6) is -2.42. The summed E-state index contributed by atoms with van der Waals surface area (Å²) in [6.45, 7) is 7.10. The molecule has 0 heterocycles. The number of carbonyl (C=O) groups is 4. The summed E-state index contributed by atoms with van der Waals surface area (Å²) in [6.07, 6.45) is 30.2. The van der Waals surface area contributed by atoms with Crippen LogP contribution in [0.5, 0.6) is 5.75 Å². The second-order valence-corrected chi connectivity index (χ2v) is 12.4. The zero-order valence-electron chi connectivity index (χ0n) is 29.5. The topological polar surface area (TPSA) is 131 Å². The number of rotatable bonds is 23. The van der Waals surface area contributed by atoms with Crippen molar-refractivity contribution >= 4 is 35.5 Å². The van der Waals surface area contributed by atoms with Gasteiger partial charge in [-0.1, -0.05) is 106 Å². The number of hydrogen-bond donors (Lipinski definition) is 3. The second-order valence-electron chi connectivity index (χ2n) is 11.4. The van der Waals surface area contributed by atoms with Gasteiger partial charge in [0.1, 0.15) is 17.9 Å². The molecule has 1 aromatic carbocycles. The molecular weight excluding hydrogens is 641 g/mol. The molecule has 0 aliphatic carbocycles. The number of esters is 2. The number of phenolic OH excluding ortho intramolecular Hbond substituents is 1. The van der Waals surface area contributed by atoms with Gasteiger partial charge in [-0.3, -0.25) is 9.59 Å². The Hall–Kier alpha value is -4.31. The molecule has 0 bridgehead atoms. The number of carbonyl (C=O) groups excluding carboxylic acids is 4. The molecule has 0 radical (unpaired) electrons. The Bertz CT molecular complexity index is 1330. The predicted molar refractivity (Wildman–Crippen MR) is 199 cm³/mol. The van der Waals surface area contributed by atoms with Crippen molar-refractivity contribution in [2.75, 3.05) is 18.6 Å². The predicted octanol–water partition coefficient (Wildman–Crippen LogP) is 7.17. The van der Waals surface area contributed by atoms with Crippen LogP contribution in [0.2, 0.25) is 0 Å². The van der Waals surface area contributed by atoms with Crippen molar-refractivity contribution in [1.82, 2.24) is 10.6 Å². The third-order valence-corrected chi connectivity index (χ3v) is 7.84. The molecule has 3 atom stereocenters. The van der Waals surface area contributed by atoms with Gasteiger partial charge in [0.25, 0.3) is 5.91 Å². The molecular formula is C39H54N2O7S. The number of thioether (sulfide) groups is 1. The molecule has 0 saturated heterocycles. The van der Waals surface area contributed by atoms with Crippen LogP contribution in [0.4, 0.5) is 0 Å². The third-order valence-electron chi connectivity index (χ3n) is 6.94. The maximum Gasteiger partial charge on any atom is 0.332 e. The highest BCUT2D eigenvalue weighted by Crippen LogP contribution is 2.17. The van der Waals surface area contributed by atoms with Crippen molar-refractivity contribution in [3.8, 4) is 5.75 Å². The average Bonchev–Trinajstić information content (AvgIpc) is 3.08. The number of hydrogen-bond acceptors (Lipinski definition) is 8. The Labute approximate surface area is 296 Å².